The predicted molar refractivity (Wildman–Crippen MR) is 84.0 cm³/mol. The van der Waals surface area contributed by atoms with E-state index in [0.29, 0.717) is 6.42 Å². The number of hydrogen-bond donors (Lipinski definition) is 2. The number of rotatable bonds is 5. The Hall–Kier alpha value is -1.88. The molecule has 0 bridgehead atoms. The molecular formula is C16H18N2O2S. The van der Waals surface area contributed by atoms with E-state index in [1.165, 1.54) is 5.56 Å². The Morgan fingerprint density at radius 2 is 2.24 bits per heavy atom. The van der Waals surface area contributed by atoms with Crippen LogP contribution < -0.4 is 5.32 Å². The SMILES string of the molecule is CC(Cc1ccccc1)Nc1nc2c(s1)CCC2C(=O)O. The summed E-state index contributed by atoms with van der Waals surface area (Å²) in [5.74, 6) is -1.18. The summed E-state index contributed by atoms with van der Waals surface area (Å²) in [6.07, 6.45) is 2.44. The molecule has 1 aliphatic carbocycles. The average Bonchev–Trinajstić information content (AvgIpc) is 2.98. The molecule has 5 heteroatoms. The lowest BCUT2D eigenvalue weighted by molar-refractivity contribution is -0.138. The minimum atomic E-state index is -0.761. The maximum absolute atomic E-state index is 11.2. The highest BCUT2D eigenvalue weighted by Gasteiger charge is 2.32. The second-order valence-corrected chi connectivity index (χ2v) is 6.58. The van der Waals surface area contributed by atoms with Gasteiger partial charge in [0.05, 0.1) is 5.69 Å². The molecule has 2 aromatic rings. The molecule has 0 saturated heterocycles. The first-order chi connectivity index (χ1) is 10.1. The van der Waals surface area contributed by atoms with Gasteiger partial charge < -0.3 is 10.4 Å². The quantitative estimate of drug-likeness (QED) is 0.889. The molecule has 4 nitrogen and oxygen atoms in total. The number of carbonyl (C=O) groups is 1. The van der Waals surface area contributed by atoms with Crippen LogP contribution >= 0.6 is 11.3 Å². The van der Waals surface area contributed by atoms with Crippen LogP contribution in [0.15, 0.2) is 30.3 Å². The fourth-order valence-corrected chi connectivity index (χ4v) is 3.91. The molecule has 110 valence electrons. The number of carboxylic acid groups (broad SMARTS) is 1. The molecule has 1 aromatic heterocycles. The maximum atomic E-state index is 11.2. The van der Waals surface area contributed by atoms with Crippen LogP contribution in [0.1, 0.15) is 35.4 Å². The van der Waals surface area contributed by atoms with Crippen LogP contribution in [-0.4, -0.2) is 22.1 Å². The monoisotopic (exact) mass is 302 g/mol. The van der Waals surface area contributed by atoms with Crippen LogP contribution in [0.25, 0.3) is 0 Å². The molecule has 3 rings (SSSR count). The number of benzene rings is 1. The number of aryl methyl sites for hydroxylation is 1. The van der Waals surface area contributed by atoms with Gasteiger partial charge in [-0.2, -0.15) is 0 Å². The van der Waals surface area contributed by atoms with Crippen molar-refractivity contribution in [3.63, 3.8) is 0 Å². The summed E-state index contributed by atoms with van der Waals surface area (Å²) >= 11 is 1.60. The molecule has 0 aliphatic heterocycles. The number of aromatic nitrogens is 1. The summed E-state index contributed by atoms with van der Waals surface area (Å²) in [7, 11) is 0. The van der Waals surface area contributed by atoms with Gasteiger partial charge in [0.1, 0.15) is 5.92 Å². The van der Waals surface area contributed by atoms with Gasteiger partial charge in [-0.15, -0.1) is 11.3 Å². The first kappa shape index (κ1) is 14.1. The summed E-state index contributed by atoms with van der Waals surface area (Å²) in [5, 5.41) is 13.4. The van der Waals surface area contributed by atoms with E-state index in [-0.39, 0.29) is 6.04 Å². The molecule has 0 saturated carbocycles. The number of nitrogens with one attached hydrogen (secondary N) is 1. The van der Waals surface area contributed by atoms with Crippen LogP contribution in [0, 0.1) is 0 Å². The van der Waals surface area contributed by atoms with Gasteiger partial charge in [-0.25, -0.2) is 4.98 Å². The van der Waals surface area contributed by atoms with Gasteiger partial charge in [0.2, 0.25) is 0 Å². The van der Waals surface area contributed by atoms with Crippen LogP contribution in [-0.2, 0) is 17.6 Å². The van der Waals surface area contributed by atoms with E-state index >= 15 is 0 Å². The van der Waals surface area contributed by atoms with Crippen LogP contribution in [0.4, 0.5) is 5.13 Å². The second-order valence-electron chi connectivity index (χ2n) is 5.49. The Morgan fingerprint density at radius 1 is 1.48 bits per heavy atom. The molecule has 2 atom stereocenters. The van der Waals surface area contributed by atoms with Crippen molar-refractivity contribution in [2.24, 2.45) is 0 Å². The van der Waals surface area contributed by atoms with Gasteiger partial charge in [0.15, 0.2) is 5.13 Å². The van der Waals surface area contributed by atoms with E-state index in [1.54, 1.807) is 11.3 Å². The molecule has 1 heterocycles. The van der Waals surface area contributed by atoms with Crippen LogP contribution in [0.5, 0.6) is 0 Å². The molecule has 21 heavy (non-hydrogen) atoms. The van der Waals surface area contributed by atoms with Crippen molar-refractivity contribution in [1.82, 2.24) is 4.98 Å². The van der Waals surface area contributed by atoms with Crippen molar-refractivity contribution < 1.29 is 9.90 Å². The lowest BCUT2D eigenvalue weighted by Crippen LogP contribution is -2.18. The van der Waals surface area contributed by atoms with E-state index in [2.05, 4.69) is 29.4 Å². The minimum absolute atomic E-state index is 0.266. The van der Waals surface area contributed by atoms with Crippen LogP contribution in [0.3, 0.4) is 0 Å². The van der Waals surface area contributed by atoms with Crippen molar-refractivity contribution in [1.29, 1.82) is 0 Å². The summed E-state index contributed by atoms with van der Waals surface area (Å²) in [5.41, 5.74) is 2.05. The number of hydrogen-bond acceptors (Lipinski definition) is 4. The van der Waals surface area contributed by atoms with Gasteiger partial charge >= 0.3 is 5.97 Å². The molecule has 0 fully saturated rings. The fraction of sp³-hybridized carbons (Fsp3) is 0.375. The number of nitrogens with zero attached hydrogens (tertiary/aromatic N) is 1. The fourth-order valence-electron chi connectivity index (χ4n) is 2.76. The van der Waals surface area contributed by atoms with E-state index in [4.69, 9.17) is 0 Å². The van der Waals surface area contributed by atoms with E-state index in [0.717, 1.165) is 28.5 Å². The van der Waals surface area contributed by atoms with Crippen molar-refractivity contribution in [3.05, 3.63) is 46.5 Å². The van der Waals surface area contributed by atoms with Crippen molar-refractivity contribution >= 4 is 22.4 Å². The van der Waals surface area contributed by atoms with Crippen LogP contribution in [0.2, 0.25) is 0 Å². The lowest BCUT2D eigenvalue weighted by Gasteiger charge is -2.13. The number of aliphatic carboxylic acids is 1. The third-order valence-corrected chi connectivity index (χ3v) is 4.83. The van der Waals surface area contributed by atoms with E-state index in [9.17, 15) is 9.90 Å². The smallest absolute Gasteiger partial charge is 0.312 e. The molecule has 0 radical (unpaired) electrons. The normalized spacial score (nSPS) is 18.2. The zero-order chi connectivity index (χ0) is 14.8. The van der Waals surface area contributed by atoms with Crippen molar-refractivity contribution in [2.45, 2.75) is 38.1 Å². The first-order valence-electron chi connectivity index (χ1n) is 7.16. The molecule has 2 N–H and O–H groups in total. The van der Waals surface area contributed by atoms with Gasteiger partial charge in [0.25, 0.3) is 0 Å². The Labute approximate surface area is 127 Å². The molecular weight excluding hydrogens is 284 g/mol. The summed E-state index contributed by atoms with van der Waals surface area (Å²) in [4.78, 5) is 16.8. The predicted octanol–water partition coefficient (Wildman–Crippen LogP) is 3.30. The topological polar surface area (TPSA) is 62.2 Å². The molecule has 1 aromatic carbocycles. The number of thiazole rings is 1. The molecule has 0 spiro atoms. The van der Waals surface area contributed by atoms with Gasteiger partial charge in [-0.1, -0.05) is 30.3 Å². The van der Waals surface area contributed by atoms with Crippen molar-refractivity contribution in [2.75, 3.05) is 5.32 Å². The summed E-state index contributed by atoms with van der Waals surface area (Å²) < 4.78 is 0. The highest BCUT2D eigenvalue weighted by Crippen LogP contribution is 2.38. The van der Waals surface area contributed by atoms with E-state index in [1.807, 2.05) is 18.2 Å². The zero-order valence-electron chi connectivity index (χ0n) is 11.9. The molecule has 0 amide bonds. The first-order valence-corrected chi connectivity index (χ1v) is 7.98. The van der Waals surface area contributed by atoms with Gasteiger partial charge in [0, 0.05) is 10.9 Å². The number of carboxylic acids is 1. The highest BCUT2D eigenvalue weighted by atomic mass is 32.1. The third-order valence-electron chi connectivity index (χ3n) is 3.77. The van der Waals surface area contributed by atoms with Gasteiger partial charge in [-0.05, 0) is 31.7 Å². The Morgan fingerprint density at radius 3 is 2.95 bits per heavy atom. The standard InChI is InChI=1S/C16H18N2O2S/c1-10(9-11-5-3-2-4-6-11)17-16-18-14-12(15(19)20)7-8-13(14)21-16/h2-6,10,12H,7-9H2,1H3,(H,17,18)(H,19,20). The third kappa shape index (κ3) is 3.08. The summed E-state index contributed by atoms with van der Waals surface area (Å²) in [6, 6.07) is 10.6. The Bertz CT molecular complexity index is 639. The summed E-state index contributed by atoms with van der Waals surface area (Å²) in [6.45, 7) is 2.12. The average molecular weight is 302 g/mol. The Balaban J connectivity index is 1.66. The van der Waals surface area contributed by atoms with E-state index < -0.39 is 11.9 Å². The van der Waals surface area contributed by atoms with Gasteiger partial charge in [-0.3, -0.25) is 4.79 Å². The second kappa shape index (κ2) is 5.85. The maximum Gasteiger partial charge on any atom is 0.312 e. The lowest BCUT2D eigenvalue weighted by atomic mass is 10.1. The Kier molecular flexibility index (Phi) is 3.92. The number of anilines is 1. The highest BCUT2D eigenvalue weighted by molar-refractivity contribution is 7.15. The largest absolute Gasteiger partial charge is 0.481 e. The number of fused-ring (bicyclic) bond motifs is 1. The molecule has 1 aliphatic rings. The zero-order valence-corrected chi connectivity index (χ0v) is 12.7. The minimum Gasteiger partial charge on any atom is -0.481 e. The molecule has 2 unspecified atom stereocenters. The van der Waals surface area contributed by atoms with Crippen molar-refractivity contribution in [3.8, 4) is 0 Å².